The molecule has 1 aliphatic heterocycles. The van der Waals surface area contributed by atoms with Crippen LogP contribution in [0.3, 0.4) is 0 Å². The third kappa shape index (κ3) is 4.06. The first-order chi connectivity index (χ1) is 14.4. The lowest BCUT2D eigenvalue weighted by Gasteiger charge is -2.26. The van der Waals surface area contributed by atoms with Crippen molar-refractivity contribution in [2.45, 2.75) is 12.3 Å². The maximum absolute atomic E-state index is 14.0. The molecule has 1 fully saturated rings. The fourth-order valence-electron chi connectivity index (χ4n) is 3.35. The van der Waals surface area contributed by atoms with E-state index >= 15 is 0 Å². The molecule has 1 heterocycles. The Morgan fingerprint density at radius 3 is 2.60 bits per heavy atom. The first kappa shape index (κ1) is 20.4. The van der Waals surface area contributed by atoms with E-state index in [-0.39, 0.29) is 23.0 Å². The highest BCUT2D eigenvalue weighted by atomic mass is 35.5. The number of thioether (sulfide) groups is 1. The summed E-state index contributed by atoms with van der Waals surface area (Å²) in [7, 11) is 0. The largest absolute Gasteiger partial charge is 0.322 e. The third-order valence-electron chi connectivity index (χ3n) is 4.91. The van der Waals surface area contributed by atoms with Crippen molar-refractivity contribution in [1.82, 2.24) is 0 Å². The maximum atomic E-state index is 14.0. The first-order valence-electron chi connectivity index (χ1n) is 9.29. The van der Waals surface area contributed by atoms with Crippen molar-refractivity contribution in [2.75, 3.05) is 16.0 Å². The molecular formula is C23H18ClFN2O2S. The van der Waals surface area contributed by atoms with Gasteiger partial charge in [-0.1, -0.05) is 35.9 Å². The monoisotopic (exact) mass is 440 g/mol. The summed E-state index contributed by atoms with van der Waals surface area (Å²) in [5.41, 5.74) is 3.02. The summed E-state index contributed by atoms with van der Waals surface area (Å²) in [6.45, 7) is 1.67. The van der Waals surface area contributed by atoms with Crippen molar-refractivity contribution >= 4 is 46.6 Å². The van der Waals surface area contributed by atoms with Crippen molar-refractivity contribution in [3.63, 3.8) is 0 Å². The van der Waals surface area contributed by atoms with Crippen LogP contribution in [0.1, 0.15) is 26.9 Å². The Morgan fingerprint density at radius 1 is 1.13 bits per heavy atom. The van der Waals surface area contributed by atoms with Crippen molar-refractivity contribution in [2.24, 2.45) is 0 Å². The molecule has 1 atom stereocenters. The number of nitrogens with zero attached hydrogens (tertiary/aromatic N) is 1. The van der Waals surface area contributed by atoms with Gasteiger partial charge in [0.1, 0.15) is 11.2 Å². The number of rotatable bonds is 4. The summed E-state index contributed by atoms with van der Waals surface area (Å²) in [6.07, 6.45) is 0. The van der Waals surface area contributed by atoms with Gasteiger partial charge in [0.2, 0.25) is 5.91 Å². The molecule has 0 spiro atoms. The molecule has 1 aliphatic rings. The molecule has 4 rings (SSSR count). The Hall–Kier alpha value is -2.83. The predicted molar refractivity (Wildman–Crippen MR) is 120 cm³/mol. The van der Waals surface area contributed by atoms with E-state index in [1.54, 1.807) is 60.4 Å². The third-order valence-corrected chi connectivity index (χ3v) is 6.35. The molecule has 2 amide bonds. The van der Waals surface area contributed by atoms with Crippen molar-refractivity contribution in [3.8, 4) is 0 Å². The van der Waals surface area contributed by atoms with Crippen LogP contribution in [-0.2, 0) is 4.79 Å². The van der Waals surface area contributed by atoms with E-state index in [4.69, 9.17) is 11.6 Å². The van der Waals surface area contributed by atoms with E-state index in [1.807, 2.05) is 12.1 Å². The average Bonchev–Trinajstić information content (AvgIpc) is 3.12. The number of amides is 2. The lowest BCUT2D eigenvalue weighted by molar-refractivity contribution is -0.115. The molecule has 4 nitrogen and oxygen atoms in total. The molecule has 0 saturated carbocycles. The fraction of sp³-hybridized carbons (Fsp3) is 0.130. The molecule has 0 radical (unpaired) electrons. The van der Waals surface area contributed by atoms with Crippen LogP contribution in [0.5, 0.6) is 0 Å². The van der Waals surface area contributed by atoms with Gasteiger partial charge in [0.05, 0.1) is 11.4 Å². The van der Waals surface area contributed by atoms with Crippen molar-refractivity contribution < 1.29 is 14.0 Å². The van der Waals surface area contributed by atoms with Crippen LogP contribution in [0.25, 0.3) is 0 Å². The van der Waals surface area contributed by atoms with Crippen LogP contribution in [-0.4, -0.2) is 17.6 Å². The summed E-state index contributed by atoms with van der Waals surface area (Å²) in [4.78, 5) is 26.6. The zero-order chi connectivity index (χ0) is 21.3. The summed E-state index contributed by atoms with van der Waals surface area (Å²) >= 11 is 7.44. The molecular weight excluding hydrogens is 423 g/mol. The van der Waals surface area contributed by atoms with Crippen LogP contribution in [0.2, 0.25) is 5.02 Å². The van der Waals surface area contributed by atoms with Crippen molar-refractivity contribution in [3.05, 3.63) is 94.3 Å². The highest BCUT2D eigenvalue weighted by Crippen LogP contribution is 2.43. The molecule has 1 unspecified atom stereocenters. The zero-order valence-corrected chi connectivity index (χ0v) is 17.6. The molecule has 7 heteroatoms. The number of benzene rings is 3. The SMILES string of the molecule is Cc1c(F)cccc1N1C(=O)CSC1c1ccc(NC(=O)c2cccc(Cl)c2)cc1. The van der Waals surface area contributed by atoms with Gasteiger partial charge in [-0.2, -0.15) is 0 Å². The molecule has 152 valence electrons. The second-order valence-electron chi connectivity index (χ2n) is 6.90. The molecule has 1 N–H and O–H groups in total. The molecule has 0 aromatic heterocycles. The second-order valence-corrected chi connectivity index (χ2v) is 8.40. The number of hydrogen-bond acceptors (Lipinski definition) is 3. The minimum atomic E-state index is -0.338. The summed E-state index contributed by atoms with van der Waals surface area (Å²) in [5, 5.41) is 3.08. The minimum Gasteiger partial charge on any atom is -0.322 e. The second kappa shape index (κ2) is 8.50. The van der Waals surface area contributed by atoms with E-state index < -0.39 is 0 Å². The molecule has 30 heavy (non-hydrogen) atoms. The Labute approximate surface area is 183 Å². The van der Waals surface area contributed by atoms with Crippen LogP contribution in [0, 0.1) is 12.7 Å². The van der Waals surface area contributed by atoms with Gasteiger partial charge >= 0.3 is 0 Å². The number of anilines is 2. The molecule has 0 bridgehead atoms. The number of hydrogen-bond donors (Lipinski definition) is 1. The molecule has 3 aromatic carbocycles. The Balaban J connectivity index is 1.55. The molecule has 0 aliphatic carbocycles. The lowest BCUT2D eigenvalue weighted by atomic mass is 10.1. The van der Waals surface area contributed by atoms with Crippen molar-refractivity contribution in [1.29, 1.82) is 0 Å². The van der Waals surface area contributed by atoms with Crippen LogP contribution >= 0.6 is 23.4 Å². The van der Waals surface area contributed by atoms with Crippen LogP contribution in [0.4, 0.5) is 15.8 Å². The summed E-state index contributed by atoms with van der Waals surface area (Å²) in [6, 6.07) is 18.8. The summed E-state index contributed by atoms with van der Waals surface area (Å²) < 4.78 is 14.0. The van der Waals surface area contributed by atoms with Gasteiger partial charge in [-0.05, 0) is 55.0 Å². The lowest BCUT2D eigenvalue weighted by Crippen LogP contribution is -2.28. The van der Waals surface area contributed by atoms with E-state index in [2.05, 4.69) is 5.32 Å². The zero-order valence-electron chi connectivity index (χ0n) is 16.1. The van der Waals surface area contributed by atoms with E-state index in [1.165, 1.54) is 17.8 Å². The first-order valence-corrected chi connectivity index (χ1v) is 10.7. The normalized spacial score (nSPS) is 16.0. The highest BCUT2D eigenvalue weighted by Gasteiger charge is 2.35. The van der Waals surface area contributed by atoms with E-state index in [0.717, 1.165) is 5.56 Å². The molecule has 3 aromatic rings. The van der Waals surface area contributed by atoms with Gasteiger partial charge < -0.3 is 5.32 Å². The van der Waals surface area contributed by atoms with Gasteiger partial charge in [-0.3, -0.25) is 14.5 Å². The maximum Gasteiger partial charge on any atom is 0.255 e. The van der Waals surface area contributed by atoms with Gasteiger partial charge in [-0.25, -0.2) is 4.39 Å². The fourth-order valence-corrected chi connectivity index (χ4v) is 4.71. The van der Waals surface area contributed by atoms with Gasteiger partial charge in [0, 0.05) is 21.8 Å². The number of nitrogens with one attached hydrogen (secondary N) is 1. The average molecular weight is 441 g/mol. The quantitative estimate of drug-likeness (QED) is 0.556. The Bertz CT molecular complexity index is 1120. The minimum absolute atomic E-state index is 0.0583. The van der Waals surface area contributed by atoms with Gasteiger partial charge in [0.25, 0.3) is 5.91 Å². The number of carbonyl (C=O) groups excluding carboxylic acids is 2. The van der Waals surface area contributed by atoms with Gasteiger partial charge in [0.15, 0.2) is 0 Å². The smallest absolute Gasteiger partial charge is 0.255 e. The van der Waals surface area contributed by atoms with Crippen LogP contribution in [0.15, 0.2) is 66.7 Å². The van der Waals surface area contributed by atoms with E-state index in [9.17, 15) is 14.0 Å². The Kier molecular flexibility index (Phi) is 5.79. The molecule has 1 saturated heterocycles. The number of carbonyl (C=O) groups is 2. The van der Waals surface area contributed by atoms with E-state index in [0.29, 0.717) is 33.3 Å². The highest BCUT2D eigenvalue weighted by molar-refractivity contribution is 8.00. The van der Waals surface area contributed by atoms with Crippen LogP contribution < -0.4 is 10.2 Å². The van der Waals surface area contributed by atoms with Gasteiger partial charge in [-0.15, -0.1) is 11.8 Å². The topological polar surface area (TPSA) is 49.4 Å². The number of halogens is 2. The predicted octanol–water partition coefficient (Wildman–Crippen LogP) is 5.82. The summed E-state index contributed by atoms with van der Waals surface area (Å²) in [5.74, 6) is -0.326. The standard InChI is InChI=1S/C23H18ClFN2O2S/c1-14-19(25)6-3-7-20(14)27-21(28)13-30-23(27)15-8-10-18(11-9-15)26-22(29)16-4-2-5-17(24)12-16/h2-12,23H,13H2,1H3,(H,26,29). The Morgan fingerprint density at radius 2 is 1.87 bits per heavy atom.